The van der Waals surface area contributed by atoms with Crippen molar-refractivity contribution in [2.45, 2.75) is 93.9 Å². The molecule has 0 bridgehead atoms. The summed E-state index contributed by atoms with van der Waals surface area (Å²) >= 11 is 0. The molecular formula is C37H51FN4. The third-order valence-electron chi connectivity index (χ3n) is 6.83. The first kappa shape index (κ1) is 36.1. The van der Waals surface area contributed by atoms with Crippen LogP contribution in [0.3, 0.4) is 0 Å². The number of aryl methyl sites for hydroxylation is 2. The number of pyridine rings is 1. The second kappa shape index (κ2) is 19.3. The monoisotopic (exact) mass is 570 g/mol. The Morgan fingerprint density at radius 2 is 1.81 bits per heavy atom. The molecule has 1 aromatic carbocycles. The largest absolute Gasteiger partial charge is 0.388 e. The van der Waals surface area contributed by atoms with E-state index in [0.29, 0.717) is 11.1 Å². The molecule has 1 aromatic heterocycles. The minimum atomic E-state index is -0.283. The summed E-state index contributed by atoms with van der Waals surface area (Å²) in [6, 6.07) is 7.11. The summed E-state index contributed by atoms with van der Waals surface area (Å²) in [7, 11) is 1.92. The van der Waals surface area contributed by atoms with E-state index in [2.05, 4.69) is 86.0 Å². The maximum atomic E-state index is 14.0. The predicted molar refractivity (Wildman–Crippen MR) is 180 cm³/mol. The summed E-state index contributed by atoms with van der Waals surface area (Å²) in [5.74, 6) is -0.283. The van der Waals surface area contributed by atoms with Gasteiger partial charge in [-0.25, -0.2) is 4.39 Å². The van der Waals surface area contributed by atoms with Crippen molar-refractivity contribution in [3.63, 3.8) is 0 Å². The second-order valence-corrected chi connectivity index (χ2v) is 9.91. The molecule has 2 heterocycles. The highest BCUT2D eigenvalue weighted by Crippen LogP contribution is 2.31. The first-order valence-electron chi connectivity index (χ1n) is 15.3. The molecule has 0 saturated heterocycles. The van der Waals surface area contributed by atoms with Gasteiger partial charge in [0.25, 0.3) is 0 Å². The van der Waals surface area contributed by atoms with E-state index in [4.69, 9.17) is 5.26 Å². The van der Waals surface area contributed by atoms with Crippen LogP contribution in [0, 0.1) is 31.0 Å². The Hall–Kier alpha value is -3.91. The molecule has 0 saturated carbocycles. The van der Waals surface area contributed by atoms with E-state index in [9.17, 15) is 4.39 Å². The molecule has 0 amide bonds. The number of aromatic nitrogens is 1. The minimum absolute atomic E-state index is 0.283. The predicted octanol–water partition coefficient (Wildman–Crippen LogP) is 10.6. The number of anilines is 1. The fourth-order valence-electron chi connectivity index (χ4n) is 4.83. The van der Waals surface area contributed by atoms with Crippen LogP contribution in [0.5, 0.6) is 0 Å². The van der Waals surface area contributed by atoms with Gasteiger partial charge in [0.05, 0.1) is 17.3 Å². The van der Waals surface area contributed by atoms with Gasteiger partial charge in [-0.05, 0) is 81.0 Å². The highest BCUT2D eigenvalue weighted by molar-refractivity contribution is 5.75. The van der Waals surface area contributed by atoms with E-state index in [1.807, 2.05) is 47.0 Å². The average Bonchev–Trinajstić information content (AvgIpc) is 2.99. The van der Waals surface area contributed by atoms with Crippen molar-refractivity contribution < 1.29 is 4.39 Å². The third-order valence-corrected chi connectivity index (χ3v) is 6.83. The summed E-state index contributed by atoms with van der Waals surface area (Å²) in [5, 5.41) is 11.9. The topological polar surface area (TPSA) is 52.0 Å². The van der Waals surface area contributed by atoms with Crippen molar-refractivity contribution in [2.75, 3.05) is 11.9 Å². The lowest BCUT2D eigenvalue weighted by Crippen LogP contribution is -2.20. The molecule has 42 heavy (non-hydrogen) atoms. The van der Waals surface area contributed by atoms with Gasteiger partial charge in [-0.2, -0.15) is 5.26 Å². The number of allylic oxidation sites excluding steroid dienone is 5. The molecule has 0 unspecified atom stereocenters. The Kier molecular flexibility index (Phi) is 16.6. The molecule has 1 aliphatic heterocycles. The van der Waals surface area contributed by atoms with E-state index in [0.717, 1.165) is 66.0 Å². The van der Waals surface area contributed by atoms with Crippen molar-refractivity contribution in [2.24, 2.45) is 0 Å². The van der Waals surface area contributed by atoms with Gasteiger partial charge in [0.2, 0.25) is 0 Å². The first-order chi connectivity index (χ1) is 20.2. The van der Waals surface area contributed by atoms with Gasteiger partial charge in [-0.3, -0.25) is 4.98 Å². The van der Waals surface area contributed by atoms with E-state index in [1.165, 1.54) is 23.6 Å². The van der Waals surface area contributed by atoms with Gasteiger partial charge in [0, 0.05) is 47.7 Å². The van der Waals surface area contributed by atoms with Crippen LogP contribution in [0.25, 0.3) is 11.6 Å². The normalized spacial score (nSPS) is 12.9. The molecule has 3 rings (SSSR count). The highest BCUT2D eigenvalue weighted by Gasteiger charge is 2.16. The average molecular weight is 571 g/mol. The molecule has 2 aromatic rings. The quantitative estimate of drug-likeness (QED) is 0.309. The molecule has 1 N–H and O–H groups in total. The fourth-order valence-corrected chi connectivity index (χ4v) is 4.83. The molecule has 0 aliphatic carbocycles. The van der Waals surface area contributed by atoms with Crippen LogP contribution in [0.4, 0.5) is 10.1 Å². The maximum Gasteiger partial charge on any atom is 0.132 e. The molecule has 0 fully saturated rings. The lowest BCUT2D eigenvalue weighted by atomic mass is 9.94. The Morgan fingerprint density at radius 3 is 2.33 bits per heavy atom. The van der Waals surface area contributed by atoms with Crippen molar-refractivity contribution in [3.8, 4) is 6.07 Å². The molecule has 4 nitrogen and oxygen atoms in total. The molecular weight excluding hydrogens is 519 g/mol. The fraction of sp³-hybridized carbons (Fsp3) is 0.405. The van der Waals surface area contributed by atoms with Crippen LogP contribution in [0.15, 0.2) is 72.4 Å². The van der Waals surface area contributed by atoms with E-state index in [-0.39, 0.29) is 5.82 Å². The van der Waals surface area contributed by atoms with Crippen LogP contribution in [-0.2, 0) is 0 Å². The van der Waals surface area contributed by atoms with Gasteiger partial charge < -0.3 is 10.2 Å². The SMILES string of the molecule is C=C1C=C(NC)C=CN1c1ccnc(C)c1/C=C(/CC)CCC.CC.CC/C=C(\CCC)c1c(C)cc(C#N)cc1F. The summed E-state index contributed by atoms with van der Waals surface area (Å²) in [4.78, 5) is 6.61. The van der Waals surface area contributed by atoms with Crippen molar-refractivity contribution >= 4 is 17.3 Å². The molecule has 5 heteroatoms. The number of nitrogens with one attached hydrogen (secondary N) is 1. The van der Waals surface area contributed by atoms with Crippen molar-refractivity contribution in [3.05, 3.63) is 106 Å². The Balaban J connectivity index is 0.000000413. The standard InChI is InChI=1S/C20H27N3.C15H18FN.C2H6/c1-6-8-17(7-2)14-19-16(4)22-11-9-20(19)23-12-10-18(21-5)13-15(23)3;1-4-6-13(7-5-2)15-11(3)8-12(10-17)9-14(15)16;1-2/h9-14,21H,3,6-8H2,1-2,4-5H3;6,8-9H,4-5,7H2,1-3H3;1-2H3/b17-14-;13-6+;. The zero-order chi connectivity index (χ0) is 31.7. The van der Waals surface area contributed by atoms with Gasteiger partial charge in [-0.1, -0.05) is 78.7 Å². The molecule has 0 spiro atoms. The van der Waals surface area contributed by atoms with Gasteiger partial charge in [0.1, 0.15) is 5.82 Å². The Labute approximate surface area is 255 Å². The summed E-state index contributed by atoms with van der Waals surface area (Å²) in [6.07, 6.45) is 18.5. The van der Waals surface area contributed by atoms with Gasteiger partial charge in [0.15, 0.2) is 0 Å². The lowest BCUT2D eigenvalue weighted by molar-refractivity contribution is 0.621. The van der Waals surface area contributed by atoms with Crippen molar-refractivity contribution in [1.82, 2.24) is 10.3 Å². The molecule has 226 valence electrons. The van der Waals surface area contributed by atoms with Gasteiger partial charge in [-0.15, -0.1) is 0 Å². The number of hydrogen-bond acceptors (Lipinski definition) is 4. The first-order valence-corrected chi connectivity index (χ1v) is 15.3. The number of rotatable bonds is 10. The van der Waals surface area contributed by atoms with Gasteiger partial charge >= 0.3 is 0 Å². The zero-order valence-electron chi connectivity index (χ0n) is 27.4. The lowest BCUT2D eigenvalue weighted by Gasteiger charge is -2.27. The van der Waals surface area contributed by atoms with Crippen LogP contribution in [-0.4, -0.2) is 12.0 Å². The van der Waals surface area contributed by atoms with Crippen molar-refractivity contribution in [1.29, 1.82) is 5.26 Å². The zero-order valence-corrected chi connectivity index (χ0v) is 27.4. The Bertz CT molecular complexity index is 1320. The summed E-state index contributed by atoms with van der Waals surface area (Å²) < 4.78 is 14.0. The van der Waals surface area contributed by atoms with Crippen LogP contribution < -0.4 is 10.2 Å². The Morgan fingerprint density at radius 1 is 1.12 bits per heavy atom. The molecule has 0 radical (unpaired) electrons. The maximum absolute atomic E-state index is 14.0. The van der Waals surface area contributed by atoms with E-state index >= 15 is 0 Å². The second-order valence-electron chi connectivity index (χ2n) is 9.91. The number of nitrogens with zero attached hydrogens (tertiary/aromatic N) is 3. The summed E-state index contributed by atoms with van der Waals surface area (Å²) in [6.45, 7) is 20.7. The molecule has 1 aliphatic rings. The number of halogens is 1. The van der Waals surface area contributed by atoms with Crippen LogP contribution >= 0.6 is 0 Å². The summed E-state index contributed by atoms with van der Waals surface area (Å²) in [5.41, 5.74) is 9.79. The number of hydrogen-bond donors (Lipinski definition) is 1. The minimum Gasteiger partial charge on any atom is -0.388 e. The highest BCUT2D eigenvalue weighted by atomic mass is 19.1. The number of nitriles is 1. The van der Waals surface area contributed by atoms with Crippen LogP contribution in [0.2, 0.25) is 0 Å². The molecule has 0 atom stereocenters. The number of benzene rings is 1. The van der Waals surface area contributed by atoms with E-state index < -0.39 is 0 Å². The number of likely N-dealkylation sites (N-methyl/N-ethyl adjacent to an activating group) is 1. The van der Waals surface area contributed by atoms with E-state index in [1.54, 1.807) is 6.07 Å². The smallest absolute Gasteiger partial charge is 0.132 e. The third kappa shape index (κ3) is 10.2. The van der Waals surface area contributed by atoms with Crippen LogP contribution in [0.1, 0.15) is 108 Å².